The first-order chi connectivity index (χ1) is 9.44. The highest BCUT2D eigenvalue weighted by Crippen LogP contribution is 2.37. The Morgan fingerprint density at radius 3 is 2.80 bits per heavy atom. The molecule has 4 heteroatoms. The number of rotatable bonds is 3. The van der Waals surface area contributed by atoms with Gasteiger partial charge in [-0.25, -0.2) is 9.18 Å². The van der Waals surface area contributed by atoms with Gasteiger partial charge in [-0.15, -0.1) is 0 Å². The minimum absolute atomic E-state index is 0.167. The van der Waals surface area contributed by atoms with E-state index in [0.29, 0.717) is 5.69 Å². The fourth-order valence-corrected chi connectivity index (χ4v) is 2.87. The molecule has 1 unspecified atom stereocenters. The molecule has 0 aromatic heterocycles. The van der Waals surface area contributed by atoms with E-state index in [1.54, 1.807) is 6.07 Å². The van der Waals surface area contributed by atoms with Gasteiger partial charge in [0.2, 0.25) is 0 Å². The molecule has 20 heavy (non-hydrogen) atoms. The number of nitrogens with one attached hydrogen (secondary N) is 1. The van der Waals surface area contributed by atoms with Gasteiger partial charge in [0.15, 0.2) is 0 Å². The van der Waals surface area contributed by atoms with Crippen molar-refractivity contribution >= 4 is 11.7 Å². The van der Waals surface area contributed by atoms with Crippen molar-refractivity contribution in [1.29, 1.82) is 0 Å². The molecule has 0 heterocycles. The van der Waals surface area contributed by atoms with Crippen LogP contribution in [0.15, 0.2) is 18.2 Å². The number of carbonyl (C=O) groups is 1. The van der Waals surface area contributed by atoms with Crippen molar-refractivity contribution in [3.8, 4) is 0 Å². The molecule has 1 atom stereocenters. The molecule has 3 nitrogen and oxygen atoms in total. The van der Waals surface area contributed by atoms with E-state index in [2.05, 4.69) is 19.2 Å². The quantitative estimate of drug-likeness (QED) is 0.850. The Kier molecular flexibility index (Phi) is 4.31. The number of carbonyl (C=O) groups excluding carboxylic acids is 1. The van der Waals surface area contributed by atoms with Gasteiger partial charge in [0.05, 0.1) is 12.7 Å². The van der Waals surface area contributed by atoms with Gasteiger partial charge < -0.3 is 10.1 Å². The summed E-state index contributed by atoms with van der Waals surface area (Å²) < 4.78 is 18.1. The summed E-state index contributed by atoms with van der Waals surface area (Å²) in [5, 5.41) is 3.41. The van der Waals surface area contributed by atoms with E-state index < -0.39 is 11.8 Å². The molecule has 1 N–H and O–H groups in total. The molecule has 0 bridgehead atoms. The average molecular weight is 279 g/mol. The first kappa shape index (κ1) is 14.8. The largest absolute Gasteiger partial charge is 0.465 e. The minimum Gasteiger partial charge on any atom is -0.465 e. The van der Waals surface area contributed by atoms with Crippen molar-refractivity contribution in [2.45, 2.75) is 45.6 Å². The van der Waals surface area contributed by atoms with Gasteiger partial charge in [-0.3, -0.25) is 0 Å². The Labute approximate surface area is 119 Å². The highest BCUT2D eigenvalue weighted by atomic mass is 19.1. The van der Waals surface area contributed by atoms with E-state index in [0.717, 1.165) is 12.8 Å². The van der Waals surface area contributed by atoms with E-state index >= 15 is 0 Å². The maximum atomic E-state index is 13.3. The SMILES string of the molecule is COC(=O)c1cc(F)ccc1NC1CCCCC1(C)C. The van der Waals surface area contributed by atoms with Gasteiger partial charge in [-0.1, -0.05) is 26.7 Å². The van der Waals surface area contributed by atoms with Crippen LogP contribution in [-0.2, 0) is 4.74 Å². The number of ether oxygens (including phenoxy) is 1. The fourth-order valence-electron chi connectivity index (χ4n) is 2.87. The van der Waals surface area contributed by atoms with E-state index in [4.69, 9.17) is 4.74 Å². The number of benzene rings is 1. The third-order valence-electron chi connectivity index (χ3n) is 4.22. The molecule has 1 aliphatic carbocycles. The standard InChI is InChI=1S/C16H22FNO2/c1-16(2)9-5-4-6-14(16)18-13-8-7-11(17)10-12(13)15(19)20-3/h7-8,10,14,18H,4-6,9H2,1-3H3. The number of esters is 1. The molecule has 0 aliphatic heterocycles. The molecule has 0 spiro atoms. The van der Waals surface area contributed by atoms with Gasteiger partial charge in [0.25, 0.3) is 0 Å². The van der Waals surface area contributed by atoms with E-state index in [9.17, 15) is 9.18 Å². The number of hydrogen-bond acceptors (Lipinski definition) is 3. The zero-order chi connectivity index (χ0) is 14.8. The maximum Gasteiger partial charge on any atom is 0.340 e. The second-order valence-electron chi connectivity index (χ2n) is 6.11. The maximum absolute atomic E-state index is 13.3. The lowest BCUT2D eigenvalue weighted by Gasteiger charge is -2.39. The molecular formula is C16H22FNO2. The molecule has 2 rings (SSSR count). The predicted octanol–water partition coefficient (Wildman–Crippen LogP) is 3.99. The van der Waals surface area contributed by atoms with Crippen LogP contribution in [0.4, 0.5) is 10.1 Å². The van der Waals surface area contributed by atoms with Crippen LogP contribution >= 0.6 is 0 Å². The first-order valence-corrected chi connectivity index (χ1v) is 7.08. The van der Waals surface area contributed by atoms with Crippen molar-refractivity contribution in [1.82, 2.24) is 0 Å². The van der Waals surface area contributed by atoms with Crippen LogP contribution in [0.2, 0.25) is 0 Å². The fraction of sp³-hybridized carbons (Fsp3) is 0.562. The summed E-state index contributed by atoms with van der Waals surface area (Å²) in [6.07, 6.45) is 4.62. The van der Waals surface area contributed by atoms with Crippen LogP contribution in [0.3, 0.4) is 0 Å². The first-order valence-electron chi connectivity index (χ1n) is 7.08. The third kappa shape index (κ3) is 3.11. The van der Waals surface area contributed by atoms with Crippen molar-refractivity contribution in [2.75, 3.05) is 12.4 Å². The normalized spacial score (nSPS) is 21.3. The van der Waals surface area contributed by atoms with Crippen molar-refractivity contribution < 1.29 is 13.9 Å². The summed E-state index contributed by atoms with van der Waals surface area (Å²) >= 11 is 0. The Balaban J connectivity index is 2.26. The van der Waals surface area contributed by atoms with Crippen LogP contribution < -0.4 is 5.32 Å². The Morgan fingerprint density at radius 1 is 1.40 bits per heavy atom. The lowest BCUT2D eigenvalue weighted by Crippen LogP contribution is -2.39. The summed E-state index contributed by atoms with van der Waals surface area (Å²) in [6.45, 7) is 4.45. The molecular weight excluding hydrogens is 257 g/mol. The second-order valence-corrected chi connectivity index (χ2v) is 6.11. The predicted molar refractivity (Wildman–Crippen MR) is 77.4 cm³/mol. The highest BCUT2D eigenvalue weighted by Gasteiger charge is 2.32. The summed E-state index contributed by atoms with van der Waals surface area (Å²) in [7, 11) is 1.31. The molecule has 1 aliphatic rings. The number of halogens is 1. The molecule has 110 valence electrons. The monoisotopic (exact) mass is 279 g/mol. The van der Waals surface area contributed by atoms with Crippen molar-refractivity contribution in [2.24, 2.45) is 5.41 Å². The number of methoxy groups -OCH3 is 1. The van der Waals surface area contributed by atoms with Crippen LogP contribution in [0, 0.1) is 11.2 Å². The molecule has 1 fully saturated rings. The Hall–Kier alpha value is -1.58. The molecule has 0 amide bonds. The van der Waals surface area contributed by atoms with Crippen LogP contribution in [0.5, 0.6) is 0 Å². The summed E-state index contributed by atoms with van der Waals surface area (Å²) in [5.41, 5.74) is 1.08. The smallest absolute Gasteiger partial charge is 0.340 e. The summed E-state index contributed by atoms with van der Waals surface area (Å²) in [5.74, 6) is -0.945. The summed E-state index contributed by atoms with van der Waals surface area (Å²) in [6, 6.07) is 4.49. The van der Waals surface area contributed by atoms with Gasteiger partial charge in [0, 0.05) is 11.7 Å². The van der Waals surface area contributed by atoms with Crippen molar-refractivity contribution in [3.05, 3.63) is 29.6 Å². The highest BCUT2D eigenvalue weighted by molar-refractivity contribution is 5.95. The van der Waals surface area contributed by atoms with Crippen LogP contribution in [0.25, 0.3) is 0 Å². The second kappa shape index (κ2) is 5.81. The lowest BCUT2D eigenvalue weighted by atomic mass is 9.73. The van der Waals surface area contributed by atoms with E-state index in [1.165, 1.54) is 32.1 Å². The zero-order valence-corrected chi connectivity index (χ0v) is 12.3. The molecule has 0 saturated heterocycles. The molecule has 1 aromatic rings. The molecule has 1 saturated carbocycles. The summed E-state index contributed by atoms with van der Waals surface area (Å²) in [4.78, 5) is 11.8. The lowest BCUT2D eigenvalue weighted by molar-refractivity contribution is 0.0601. The molecule has 0 radical (unpaired) electrons. The van der Waals surface area contributed by atoms with Gasteiger partial charge in [0.1, 0.15) is 5.82 Å². The Morgan fingerprint density at radius 2 is 2.15 bits per heavy atom. The van der Waals surface area contributed by atoms with Crippen LogP contribution in [0.1, 0.15) is 49.9 Å². The number of hydrogen-bond donors (Lipinski definition) is 1. The average Bonchev–Trinajstić information content (AvgIpc) is 2.41. The van der Waals surface area contributed by atoms with Gasteiger partial charge >= 0.3 is 5.97 Å². The molecule has 1 aromatic carbocycles. The third-order valence-corrected chi connectivity index (χ3v) is 4.22. The minimum atomic E-state index is -0.513. The van der Waals surface area contributed by atoms with Gasteiger partial charge in [-0.2, -0.15) is 0 Å². The van der Waals surface area contributed by atoms with E-state index in [1.807, 2.05) is 0 Å². The number of anilines is 1. The zero-order valence-electron chi connectivity index (χ0n) is 12.3. The van der Waals surface area contributed by atoms with Crippen LogP contribution in [-0.4, -0.2) is 19.1 Å². The van der Waals surface area contributed by atoms with E-state index in [-0.39, 0.29) is 17.0 Å². The Bertz CT molecular complexity index is 499. The topological polar surface area (TPSA) is 38.3 Å². The van der Waals surface area contributed by atoms with Crippen molar-refractivity contribution in [3.63, 3.8) is 0 Å². The van der Waals surface area contributed by atoms with Gasteiger partial charge in [-0.05, 0) is 36.5 Å².